The number of carbonyl (C=O) groups is 1. The molecule has 0 aliphatic carbocycles. The van der Waals surface area contributed by atoms with E-state index in [2.05, 4.69) is 34.6 Å². The fourth-order valence-corrected chi connectivity index (χ4v) is 4.57. The molecule has 0 radical (unpaired) electrons. The monoisotopic (exact) mass is 476 g/mol. The maximum atomic E-state index is 13.1. The molecule has 1 atom stereocenters. The van der Waals surface area contributed by atoms with Crippen LogP contribution in [0.15, 0.2) is 91.3 Å². The van der Waals surface area contributed by atoms with Gasteiger partial charge in [-0.15, -0.1) is 0 Å². The van der Waals surface area contributed by atoms with E-state index in [-0.39, 0.29) is 11.8 Å². The van der Waals surface area contributed by atoms with Crippen molar-refractivity contribution in [1.29, 1.82) is 0 Å². The zero-order valence-corrected chi connectivity index (χ0v) is 20.6. The molecule has 1 N–H and O–H groups in total. The third kappa shape index (κ3) is 4.60. The van der Waals surface area contributed by atoms with Crippen LogP contribution in [-0.2, 0) is 11.3 Å². The summed E-state index contributed by atoms with van der Waals surface area (Å²) in [5.74, 6) is 1.33. The molecule has 1 aromatic heterocycles. The Morgan fingerprint density at radius 3 is 2.47 bits per heavy atom. The first-order valence-electron chi connectivity index (χ1n) is 11.9. The van der Waals surface area contributed by atoms with Crippen molar-refractivity contribution >= 4 is 27.5 Å². The minimum atomic E-state index is -0.281. The van der Waals surface area contributed by atoms with Gasteiger partial charge >= 0.3 is 0 Å². The Kier molecular flexibility index (Phi) is 6.54. The van der Waals surface area contributed by atoms with Gasteiger partial charge in [0.15, 0.2) is 0 Å². The van der Waals surface area contributed by atoms with Crippen molar-refractivity contribution in [2.45, 2.75) is 19.4 Å². The first-order valence-corrected chi connectivity index (χ1v) is 11.9. The summed E-state index contributed by atoms with van der Waals surface area (Å²) in [5.41, 5.74) is 4.17. The van der Waals surface area contributed by atoms with Crippen molar-refractivity contribution in [2.75, 3.05) is 14.2 Å². The molecule has 1 unspecified atom stereocenters. The second kappa shape index (κ2) is 10.1. The van der Waals surface area contributed by atoms with E-state index in [0.29, 0.717) is 6.54 Å². The Balaban J connectivity index is 1.37. The van der Waals surface area contributed by atoms with Gasteiger partial charge in [0.2, 0.25) is 5.91 Å². The number of rotatable bonds is 7. The van der Waals surface area contributed by atoms with Crippen LogP contribution in [0.5, 0.6) is 11.5 Å². The van der Waals surface area contributed by atoms with E-state index >= 15 is 0 Å². The average molecular weight is 477 g/mol. The maximum Gasteiger partial charge on any atom is 0.227 e. The fraction of sp³-hybridized carbons (Fsp3) is 0.161. The molecule has 0 aliphatic rings. The summed E-state index contributed by atoms with van der Waals surface area (Å²) in [4.78, 5) is 17.4. The lowest BCUT2D eigenvalue weighted by molar-refractivity contribution is -0.122. The Morgan fingerprint density at radius 2 is 1.64 bits per heavy atom. The van der Waals surface area contributed by atoms with Crippen molar-refractivity contribution < 1.29 is 14.3 Å². The zero-order valence-electron chi connectivity index (χ0n) is 20.6. The number of nitrogens with one attached hydrogen (secondary N) is 1. The molecule has 5 heteroatoms. The van der Waals surface area contributed by atoms with Crippen LogP contribution < -0.4 is 14.8 Å². The van der Waals surface area contributed by atoms with Crippen molar-refractivity contribution in [2.24, 2.45) is 0 Å². The topological polar surface area (TPSA) is 60.5 Å². The summed E-state index contributed by atoms with van der Waals surface area (Å²) >= 11 is 0. The second-order valence-corrected chi connectivity index (χ2v) is 8.84. The van der Waals surface area contributed by atoms with E-state index in [1.165, 1.54) is 0 Å². The molecule has 1 heterocycles. The minimum absolute atomic E-state index is 0.0169. The first-order chi connectivity index (χ1) is 17.6. The summed E-state index contributed by atoms with van der Waals surface area (Å²) in [6.45, 7) is 2.36. The molecule has 0 spiro atoms. The quantitative estimate of drug-likeness (QED) is 0.292. The van der Waals surface area contributed by atoms with Crippen molar-refractivity contribution in [3.8, 4) is 22.6 Å². The van der Waals surface area contributed by atoms with E-state index in [0.717, 1.165) is 55.3 Å². The van der Waals surface area contributed by atoms with Crippen molar-refractivity contribution in [3.05, 3.63) is 102 Å². The van der Waals surface area contributed by atoms with Crippen LogP contribution in [-0.4, -0.2) is 25.1 Å². The molecule has 0 saturated heterocycles. The number of pyridine rings is 1. The summed E-state index contributed by atoms with van der Waals surface area (Å²) in [5, 5.41) is 7.40. The van der Waals surface area contributed by atoms with Gasteiger partial charge in [-0.25, -0.2) is 0 Å². The second-order valence-electron chi connectivity index (χ2n) is 8.84. The number of hydrogen-bond acceptors (Lipinski definition) is 4. The van der Waals surface area contributed by atoms with Gasteiger partial charge in [0.1, 0.15) is 11.5 Å². The largest absolute Gasteiger partial charge is 0.497 e. The molecule has 0 aliphatic heterocycles. The van der Waals surface area contributed by atoms with Crippen LogP contribution in [0.25, 0.3) is 32.7 Å². The molecule has 5 aromatic rings. The summed E-state index contributed by atoms with van der Waals surface area (Å²) in [6, 6.07) is 26.3. The molecule has 4 aromatic carbocycles. The smallest absolute Gasteiger partial charge is 0.227 e. The normalized spacial score (nSPS) is 11.9. The fourth-order valence-electron chi connectivity index (χ4n) is 4.57. The number of benzene rings is 4. The number of ether oxygens (including phenoxy) is 2. The number of aromatic nitrogens is 1. The van der Waals surface area contributed by atoms with Crippen molar-refractivity contribution in [3.63, 3.8) is 0 Å². The Morgan fingerprint density at radius 1 is 0.861 bits per heavy atom. The van der Waals surface area contributed by atoms with Crippen LogP contribution in [0.4, 0.5) is 0 Å². The SMILES string of the molecule is COc1cccc(-c2ccc(CNC(=O)C(C)c3ccc4cc(OC)ccc4c3)c3cnccc23)c1. The molecule has 0 fully saturated rings. The summed E-state index contributed by atoms with van der Waals surface area (Å²) in [6.07, 6.45) is 3.66. The van der Waals surface area contributed by atoms with E-state index in [9.17, 15) is 4.79 Å². The van der Waals surface area contributed by atoms with Gasteiger partial charge in [0.05, 0.1) is 20.1 Å². The summed E-state index contributed by atoms with van der Waals surface area (Å²) < 4.78 is 10.7. The Hall–Kier alpha value is -4.38. The van der Waals surface area contributed by atoms with Crippen LogP contribution in [0.2, 0.25) is 0 Å². The minimum Gasteiger partial charge on any atom is -0.497 e. The Bertz CT molecular complexity index is 1560. The van der Waals surface area contributed by atoms with Gasteiger partial charge in [0, 0.05) is 24.3 Å². The van der Waals surface area contributed by atoms with Crippen molar-refractivity contribution in [1.82, 2.24) is 10.3 Å². The molecule has 0 saturated carbocycles. The number of fused-ring (bicyclic) bond motifs is 2. The molecular formula is C31H28N2O3. The molecule has 5 rings (SSSR count). The van der Waals surface area contributed by atoms with Gasteiger partial charge in [-0.3, -0.25) is 9.78 Å². The number of methoxy groups -OCH3 is 2. The van der Waals surface area contributed by atoms with Crippen LogP contribution >= 0.6 is 0 Å². The predicted octanol–water partition coefficient (Wildman–Crippen LogP) is 6.49. The predicted molar refractivity (Wildman–Crippen MR) is 144 cm³/mol. The third-order valence-electron chi connectivity index (χ3n) is 6.71. The number of nitrogens with zero attached hydrogens (tertiary/aromatic N) is 1. The highest BCUT2D eigenvalue weighted by Gasteiger charge is 2.16. The highest BCUT2D eigenvalue weighted by molar-refractivity contribution is 5.98. The molecular weight excluding hydrogens is 448 g/mol. The van der Waals surface area contributed by atoms with E-state index < -0.39 is 0 Å². The van der Waals surface area contributed by atoms with Gasteiger partial charge in [-0.05, 0) is 75.7 Å². The molecule has 180 valence electrons. The van der Waals surface area contributed by atoms with Gasteiger partial charge in [-0.1, -0.05) is 48.5 Å². The van der Waals surface area contributed by atoms with E-state index in [4.69, 9.17) is 9.47 Å². The van der Waals surface area contributed by atoms with Gasteiger partial charge in [-0.2, -0.15) is 0 Å². The highest BCUT2D eigenvalue weighted by Crippen LogP contribution is 2.32. The average Bonchev–Trinajstić information content (AvgIpc) is 2.94. The van der Waals surface area contributed by atoms with Crippen LogP contribution in [0.3, 0.4) is 0 Å². The maximum absolute atomic E-state index is 13.1. The van der Waals surface area contributed by atoms with Gasteiger partial charge in [0.25, 0.3) is 0 Å². The van der Waals surface area contributed by atoms with Crippen LogP contribution in [0.1, 0.15) is 24.0 Å². The number of hydrogen-bond donors (Lipinski definition) is 1. The van der Waals surface area contributed by atoms with Crippen LogP contribution in [0, 0.1) is 0 Å². The number of carbonyl (C=O) groups excluding carboxylic acids is 1. The van der Waals surface area contributed by atoms with E-state index in [1.807, 2.05) is 67.7 Å². The zero-order chi connectivity index (χ0) is 25.1. The van der Waals surface area contributed by atoms with Gasteiger partial charge < -0.3 is 14.8 Å². The standard InChI is InChI=1S/C31H28N2O3/c1-20(21-7-8-23-16-27(36-3)11-9-22(23)15-21)31(34)33-18-25-10-12-28(29-13-14-32-19-30(25)29)24-5-4-6-26(17-24)35-2/h4-17,19-20H,18H2,1-3H3,(H,33,34). The molecule has 36 heavy (non-hydrogen) atoms. The first kappa shape index (κ1) is 23.4. The van der Waals surface area contributed by atoms with E-state index in [1.54, 1.807) is 20.4 Å². The molecule has 5 nitrogen and oxygen atoms in total. The molecule has 0 bridgehead atoms. The molecule has 1 amide bonds. The Labute approximate surface area is 210 Å². The third-order valence-corrected chi connectivity index (χ3v) is 6.71. The summed E-state index contributed by atoms with van der Waals surface area (Å²) in [7, 11) is 3.33. The highest BCUT2D eigenvalue weighted by atomic mass is 16.5. The lowest BCUT2D eigenvalue weighted by Gasteiger charge is -2.16. The lowest BCUT2D eigenvalue weighted by Crippen LogP contribution is -2.27. The number of amides is 1. The lowest BCUT2D eigenvalue weighted by atomic mass is 9.95.